The highest BCUT2D eigenvalue weighted by atomic mass is 16.7. The van der Waals surface area contributed by atoms with Gasteiger partial charge in [-0.1, -0.05) is 5.57 Å². The van der Waals surface area contributed by atoms with Gasteiger partial charge in [-0.05, 0) is 62.5 Å². The fraction of sp³-hybridized carbons (Fsp3) is 0.647. The second kappa shape index (κ2) is 3.79. The summed E-state index contributed by atoms with van der Waals surface area (Å²) in [4.78, 5) is 24.9. The van der Waals surface area contributed by atoms with Crippen molar-refractivity contribution in [3.8, 4) is 0 Å². The van der Waals surface area contributed by atoms with Crippen LogP contribution in [0.25, 0.3) is 0 Å². The number of hydrogen-bond acceptors (Lipinski definition) is 4. The Hall–Kier alpha value is -1.58. The van der Waals surface area contributed by atoms with Gasteiger partial charge in [0.25, 0.3) is 5.79 Å². The first-order chi connectivity index (χ1) is 10.2. The summed E-state index contributed by atoms with van der Waals surface area (Å²) < 4.78 is 11.6. The van der Waals surface area contributed by atoms with Gasteiger partial charge in [0, 0.05) is 0 Å². The molecule has 2 atom stereocenters. The molecule has 5 aliphatic rings. The van der Waals surface area contributed by atoms with E-state index in [1.807, 2.05) is 0 Å². The van der Waals surface area contributed by atoms with Gasteiger partial charge in [-0.25, -0.2) is 9.59 Å². The normalized spacial score (nSPS) is 40.6. The molecule has 2 saturated carbocycles. The summed E-state index contributed by atoms with van der Waals surface area (Å²) in [7, 11) is 0. The summed E-state index contributed by atoms with van der Waals surface area (Å²) in [6.07, 6.45) is 7.85. The molecule has 1 aliphatic heterocycles. The second-order valence-electron chi connectivity index (χ2n) is 6.93. The summed E-state index contributed by atoms with van der Waals surface area (Å²) in [5, 5.41) is 0. The largest absolute Gasteiger partial charge is 0.417 e. The zero-order valence-electron chi connectivity index (χ0n) is 11.9. The van der Waals surface area contributed by atoms with Crippen molar-refractivity contribution in [1.29, 1.82) is 0 Å². The van der Waals surface area contributed by atoms with Crippen LogP contribution in [0.1, 0.15) is 51.4 Å². The van der Waals surface area contributed by atoms with E-state index in [1.165, 1.54) is 11.1 Å². The Morgan fingerprint density at radius 1 is 0.810 bits per heavy atom. The van der Waals surface area contributed by atoms with Gasteiger partial charge in [0.15, 0.2) is 0 Å². The van der Waals surface area contributed by atoms with Crippen molar-refractivity contribution in [2.75, 3.05) is 0 Å². The van der Waals surface area contributed by atoms with Crippen LogP contribution in [0.4, 0.5) is 0 Å². The Morgan fingerprint density at radius 2 is 1.38 bits per heavy atom. The Labute approximate surface area is 123 Å². The smallest absolute Gasteiger partial charge is 0.348 e. The van der Waals surface area contributed by atoms with E-state index in [2.05, 4.69) is 0 Å². The first kappa shape index (κ1) is 12.0. The van der Waals surface area contributed by atoms with E-state index in [-0.39, 0.29) is 17.4 Å². The molecule has 2 unspecified atom stereocenters. The lowest BCUT2D eigenvalue weighted by atomic mass is 9.65. The predicted molar refractivity (Wildman–Crippen MR) is 72.9 cm³/mol. The molecule has 0 radical (unpaired) electrons. The van der Waals surface area contributed by atoms with Crippen molar-refractivity contribution in [3.05, 3.63) is 22.3 Å². The summed E-state index contributed by atoms with van der Waals surface area (Å²) in [6.45, 7) is 0. The average Bonchev–Trinajstić information content (AvgIpc) is 3.11. The molecular formula is C17H18O4. The van der Waals surface area contributed by atoms with E-state index in [9.17, 15) is 9.59 Å². The molecule has 1 saturated heterocycles. The number of rotatable bonds is 0. The van der Waals surface area contributed by atoms with Crippen LogP contribution in [0.5, 0.6) is 0 Å². The number of ether oxygens (including phenoxy) is 2. The molecule has 5 rings (SSSR count). The molecule has 0 aromatic heterocycles. The third-order valence-corrected chi connectivity index (χ3v) is 6.07. The number of carbonyl (C=O) groups excluding carboxylic acids is 2. The highest BCUT2D eigenvalue weighted by Gasteiger charge is 2.70. The van der Waals surface area contributed by atoms with Gasteiger partial charge >= 0.3 is 11.9 Å². The Balaban J connectivity index is 1.52. The van der Waals surface area contributed by atoms with Gasteiger partial charge in [0.05, 0.1) is 11.8 Å². The van der Waals surface area contributed by atoms with Crippen LogP contribution in [0.15, 0.2) is 22.3 Å². The van der Waals surface area contributed by atoms with Crippen molar-refractivity contribution in [3.63, 3.8) is 0 Å². The molecule has 1 heterocycles. The fourth-order valence-electron chi connectivity index (χ4n) is 5.20. The van der Waals surface area contributed by atoms with E-state index >= 15 is 0 Å². The van der Waals surface area contributed by atoms with Crippen molar-refractivity contribution >= 4 is 11.9 Å². The molecule has 21 heavy (non-hydrogen) atoms. The van der Waals surface area contributed by atoms with Crippen molar-refractivity contribution in [2.24, 2.45) is 11.8 Å². The van der Waals surface area contributed by atoms with Gasteiger partial charge in [-0.3, -0.25) is 0 Å². The van der Waals surface area contributed by atoms with E-state index in [0.717, 1.165) is 56.9 Å². The first-order valence-corrected chi connectivity index (χ1v) is 8.11. The van der Waals surface area contributed by atoms with Crippen LogP contribution in [0.3, 0.4) is 0 Å². The van der Waals surface area contributed by atoms with Crippen LogP contribution in [0.2, 0.25) is 0 Å². The van der Waals surface area contributed by atoms with Gasteiger partial charge < -0.3 is 9.47 Å². The third-order valence-electron chi connectivity index (χ3n) is 6.07. The molecule has 0 bridgehead atoms. The minimum Gasteiger partial charge on any atom is -0.417 e. The number of fused-ring (bicyclic) bond motifs is 2. The molecule has 0 N–H and O–H groups in total. The maximum atomic E-state index is 12.5. The minimum atomic E-state index is -0.954. The van der Waals surface area contributed by atoms with E-state index < -0.39 is 17.7 Å². The molecule has 0 aromatic rings. The lowest BCUT2D eigenvalue weighted by Crippen LogP contribution is -2.63. The average molecular weight is 286 g/mol. The highest BCUT2D eigenvalue weighted by molar-refractivity contribution is 6.16. The quantitative estimate of drug-likeness (QED) is 0.297. The monoisotopic (exact) mass is 286 g/mol. The second-order valence-corrected chi connectivity index (χ2v) is 6.93. The highest BCUT2D eigenvalue weighted by Crippen LogP contribution is 2.66. The molecule has 3 fully saturated rings. The van der Waals surface area contributed by atoms with Crippen LogP contribution >= 0.6 is 0 Å². The first-order valence-electron chi connectivity index (χ1n) is 8.11. The Kier molecular flexibility index (Phi) is 2.17. The van der Waals surface area contributed by atoms with E-state index in [4.69, 9.17) is 9.47 Å². The van der Waals surface area contributed by atoms with Crippen LogP contribution in [-0.4, -0.2) is 17.7 Å². The van der Waals surface area contributed by atoms with Gasteiger partial charge in [-0.2, -0.15) is 0 Å². The summed E-state index contributed by atoms with van der Waals surface area (Å²) in [5.74, 6) is -1.53. The standard InChI is InChI=1S/C17H18O4/c18-15-14(9-3-1-2-4-9)16(19)21-17(20-15)11-7-5-10-6-8-12(17)13(10)11/h11-12H,1-8H2. The minimum absolute atomic E-state index is 0.142. The summed E-state index contributed by atoms with van der Waals surface area (Å²) in [6, 6.07) is 0. The number of esters is 2. The van der Waals surface area contributed by atoms with Gasteiger partial charge in [0.1, 0.15) is 5.57 Å². The Bertz CT molecular complexity index is 589. The lowest BCUT2D eigenvalue weighted by Gasteiger charge is -2.54. The predicted octanol–water partition coefficient (Wildman–Crippen LogP) is 2.78. The molecule has 0 amide bonds. The SMILES string of the molecule is O=C1OC2(OC(=O)C1=C1CCCC1)C1CCC3=C1C2CC3. The summed E-state index contributed by atoms with van der Waals surface area (Å²) >= 11 is 0. The topological polar surface area (TPSA) is 52.6 Å². The van der Waals surface area contributed by atoms with Gasteiger partial charge in [0.2, 0.25) is 0 Å². The maximum Gasteiger partial charge on any atom is 0.348 e. The van der Waals surface area contributed by atoms with Crippen molar-refractivity contribution in [2.45, 2.75) is 57.2 Å². The molecule has 4 aliphatic carbocycles. The van der Waals surface area contributed by atoms with Crippen molar-refractivity contribution < 1.29 is 19.1 Å². The molecular weight excluding hydrogens is 268 g/mol. The van der Waals surface area contributed by atoms with Gasteiger partial charge in [-0.15, -0.1) is 0 Å². The number of hydrogen-bond donors (Lipinski definition) is 0. The zero-order valence-corrected chi connectivity index (χ0v) is 11.9. The number of carbonyl (C=O) groups is 2. The lowest BCUT2D eigenvalue weighted by molar-refractivity contribution is -0.291. The maximum absolute atomic E-state index is 12.5. The number of allylic oxidation sites excluding steroid dienone is 2. The zero-order chi connectivity index (χ0) is 14.2. The van der Waals surface area contributed by atoms with Crippen LogP contribution in [0, 0.1) is 11.8 Å². The molecule has 4 nitrogen and oxygen atoms in total. The third kappa shape index (κ3) is 1.32. The van der Waals surface area contributed by atoms with E-state index in [1.54, 1.807) is 0 Å². The van der Waals surface area contributed by atoms with E-state index in [0.29, 0.717) is 0 Å². The summed E-state index contributed by atoms with van der Waals surface area (Å²) in [5.41, 5.74) is 4.11. The molecule has 110 valence electrons. The molecule has 4 heteroatoms. The fourth-order valence-corrected chi connectivity index (χ4v) is 5.20. The molecule has 1 spiro atoms. The van der Waals surface area contributed by atoms with Crippen molar-refractivity contribution in [1.82, 2.24) is 0 Å². The Morgan fingerprint density at radius 3 is 1.95 bits per heavy atom. The molecule has 0 aromatic carbocycles. The van der Waals surface area contributed by atoms with Crippen LogP contribution in [-0.2, 0) is 19.1 Å². The van der Waals surface area contributed by atoms with Crippen LogP contribution < -0.4 is 0 Å².